The van der Waals surface area contributed by atoms with Gasteiger partial charge in [0.25, 0.3) is 0 Å². The lowest BCUT2D eigenvalue weighted by atomic mass is 9.72. The van der Waals surface area contributed by atoms with Crippen molar-refractivity contribution in [3.63, 3.8) is 0 Å². The van der Waals surface area contributed by atoms with Crippen molar-refractivity contribution in [3.8, 4) is 0 Å². The third-order valence-corrected chi connectivity index (χ3v) is 5.76. The minimum absolute atomic E-state index is 0.0845. The van der Waals surface area contributed by atoms with Crippen LogP contribution in [0.2, 0.25) is 0 Å². The number of hydrogen-bond acceptors (Lipinski definition) is 1. The fraction of sp³-hybridized carbons (Fsp3) is 0.435. The van der Waals surface area contributed by atoms with Gasteiger partial charge in [-0.25, -0.2) is 4.39 Å². The lowest BCUT2D eigenvalue weighted by Gasteiger charge is -2.31. The second kappa shape index (κ2) is 7.51. The largest absolute Gasteiger partial charge is 0.299 e. The molecule has 2 atom stereocenters. The maximum Gasteiger partial charge on any atom is 0.136 e. The molecule has 0 N–H and O–H groups in total. The summed E-state index contributed by atoms with van der Waals surface area (Å²) in [6.07, 6.45) is 4.46. The number of benzene rings is 2. The fourth-order valence-corrected chi connectivity index (χ4v) is 4.05. The van der Waals surface area contributed by atoms with Gasteiger partial charge in [-0.2, -0.15) is 0 Å². The summed E-state index contributed by atoms with van der Waals surface area (Å²) in [6, 6.07) is 11.9. The molecule has 3 rings (SSSR count). The molecular weight excluding hydrogens is 311 g/mol. The first-order chi connectivity index (χ1) is 12.0. The van der Waals surface area contributed by atoms with E-state index in [4.69, 9.17) is 0 Å². The SMILES string of the molecule is Cc1ccc(C2CCCC(=O)C2CCc2ccc(F)c(C)c2)cc1C. The van der Waals surface area contributed by atoms with Crippen LogP contribution in [-0.2, 0) is 11.2 Å². The van der Waals surface area contributed by atoms with Gasteiger partial charge in [0, 0.05) is 12.3 Å². The molecule has 1 saturated carbocycles. The molecule has 0 saturated heterocycles. The van der Waals surface area contributed by atoms with Crippen LogP contribution in [0.1, 0.15) is 59.4 Å². The molecule has 1 nitrogen and oxygen atoms in total. The molecule has 0 amide bonds. The summed E-state index contributed by atoms with van der Waals surface area (Å²) >= 11 is 0. The lowest BCUT2D eigenvalue weighted by Crippen LogP contribution is -2.27. The zero-order chi connectivity index (χ0) is 18.0. The van der Waals surface area contributed by atoms with Crippen molar-refractivity contribution in [1.29, 1.82) is 0 Å². The normalized spacial score (nSPS) is 20.7. The third kappa shape index (κ3) is 4.00. The summed E-state index contributed by atoms with van der Waals surface area (Å²) < 4.78 is 13.5. The predicted octanol–water partition coefficient (Wildman–Crippen LogP) is 5.84. The molecule has 132 valence electrons. The third-order valence-electron chi connectivity index (χ3n) is 5.76. The van der Waals surface area contributed by atoms with E-state index in [0.29, 0.717) is 23.7 Å². The Balaban J connectivity index is 1.78. The van der Waals surface area contributed by atoms with Crippen LogP contribution in [0.25, 0.3) is 0 Å². The molecule has 0 aromatic heterocycles. The van der Waals surface area contributed by atoms with Crippen molar-refractivity contribution in [2.45, 2.75) is 58.8 Å². The number of carbonyl (C=O) groups excluding carboxylic acids is 1. The van der Waals surface area contributed by atoms with Crippen LogP contribution in [0.3, 0.4) is 0 Å². The number of aryl methyl sites for hydroxylation is 4. The van der Waals surface area contributed by atoms with E-state index < -0.39 is 0 Å². The van der Waals surface area contributed by atoms with Crippen LogP contribution in [0.15, 0.2) is 36.4 Å². The minimum Gasteiger partial charge on any atom is -0.299 e. The molecule has 0 spiro atoms. The number of hydrogen-bond donors (Lipinski definition) is 0. The molecule has 2 aromatic rings. The highest BCUT2D eigenvalue weighted by atomic mass is 19.1. The van der Waals surface area contributed by atoms with Gasteiger partial charge in [0.1, 0.15) is 11.6 Å². The van der Waals surface area contributed by atoms with Gasteiger partial charge in [0.2, 0.25) is 0 Å². The number of ketones is 1. The molecule has 0 heterocycles. The topological polar surface area (TPSA) is 17.1 Å². The first-order valence-electron chi connectivity index (χ1n) is 9.30. The van der Waals surface area contributed by atoms with Crippen LogP contribution in [-0.4, -0.2) is 5.78 Å². The van der Waals surface area contributed by atoms with Gasteiger partial charge in [-0.05, 0) is 86.3 Å². The van der Waals surface area contributed by atoms with E-state index in [0.717, 1.165) is 31.2 Å². The second-order valence-electron chi connectivity index (χ2n) is 7.54. The average molecular weight is 338 g/mol. The molecule has 1 aliphatic rings. The Labute approximate surface area is 150 Å². The molecule has 0 radical (unpaired) electrons. The van der Waals surface area contributed by atoms with Crippen molar-refractivity contribution in [1.82, 2.24) is 0 Å². The molecule has 2 unspecified atom stereocenters. The predicted molar refractivity (Wildman–Crippen MR) is 100 cm³/mol. The van der Waals surface area contributed by atoms with E-state index in [2.05, 4.69) is 32.0 Å². The summed E-state index contributed by atoms with van der Waals surface area (Å²) in [5.74, 6) is 0.641. The highest BCUT2D eigenvalue weighted by molar-refractivity contribution is 5.82. The molecule has 25 heavy (non-hydrogen) atoms. The Morgan fingerprint density at radius 2 is 1.80 bits per heavy atom. The van der Waals surface area contributed by atoms with Crippen LogP contribution in [0, 0.1) is 32.5 Å². The van der Waals surface area contributed by atoms with Gasteiger partial charge in [-0.15, -0.1) is 0 Å². The molecule has 0 aliphatic heterocycles. The Morgan fingerprint density at radius 1 is 1.00 bits per heavy atom. The zero-order valence-corrected chi connectivity index (χ0v) is 15.4. The molecule has 1 fully saturated rings. The van der Waals surface area contributed by atoms with E-state index >= 15 is 0 Å². The Morgan fingerprint density at radius 3 is 2.52 bits per heavy atom. The lowest BCUT2D eigenvalue weighted by molar-refractivity contribution is -0.125. The highest BCUT2D eigenvalue weighted by Crippen LogP contribution is 2.39. The van der Waals surface area contributed by atoms with Crippen LogP contribution in [0.4, 0.5) is 4.39 Å². The molecule has 2 heteroatoms. The van der Waals surface area contributed by atoms with Crippen LogP contribution < -0.4 is 0 Å². The number of halogens is 1. The van der Waals surface area contributed by atoms with E-state index in [1.54, 1.807) is 6.92 Å². The molecule has 1 aliphatic carbocycles. The smallest absolute Gasteiger partial charge is 0.136 e. The van der Waals surface area contributed by atoms with Crippen molar-refractivity contribution in [2.24, 2.45) is 5.92 Å². The van der Waals surface area contributed by atoms with Gasteiger partial charge < -0.3 is 0 Å². The second-order valence-corrected chi connectivity index (χ2v) is 7.54. The van der Waals surface area contributed by atoms with E-state index in [-0.39, 0.29) is 11.7 Å². The van der Waals surface area contributed by atoms with Crippen molar-refractivity contribution in [3.05, 3.63) is 70.0 Å². The fourth-order valence-electron chi connectivity index (χ4n) is 4.05. The van der Waals surface area contributed by atoms with E-state index in [1.165, 1.54) is 22.8 Å². The zero-order valence-electron chi connectivity index (χ0n) is 15.4. The van der Waals surface area contributed by atoms with Gasteiger partial charge in [0.15, 0.2) is 0 Å². The Hall–Kier alpha value is -1.96. The van der Waals surface area contributed by atoms with Crippen molar-refractivity contribution < 1.29 is 9.18 Å². The number of rotatable bonds is 4. The maximum atomic E-state index is 13.5. The monoisotopic (exact) mass is 338 g/mol. The van der Waals surface area contributed by atoms with E-state index in [9.17, 15) is 9.18 Å². The number of Topliss-reactive ketones (excluding diaryl/α,β-unsaturated/α-hetero) is 1. The summed E-state index contributed by atoms with van der Waals surface area (Å²) in [5.41, 5.74) is 5.69. The minimum atomic E-state index is -0.162. The van der Waals surface area contributed by atoms with Crippen molar-refractivity contribution >= 4 is 5.78 Å². The molecular formula is C23H27FO. The molecule has 0 bridgehead atoms. The average Bonchev–Trinajstić information content (AvgIpc) is 2.59. The molecule has 2 aromatic carbocycles. The maximum absolute atomic E-state index is 13.5. The first-order valence-corrected chi connectivity index (χ1v) is 9.30. The Kier molecular flexibility index (Phi) is 5.36. The standard InChI is InChI=1S/C23H27FO/c1-15-7-10-19(14-16(15)2)20-5-4-6-23(25)21(20)11-8-18-9-12-22(24)17(3)13-18/h7,9-10,12-14,20-21H,4-6,8,11H2,1-3H3. The summed E-state index contributed by atoms with van der Waals surface area (Å²) in [5, 5.41) is 0. The Bertz CT molecular complexity index is 778. The van der Waals surface area contributed by atoms with Gasteiger partial charge >= 0.3 is 0 Å². The van der Waals surface area contributed by atoms with Crippen molar-refractivity contribution in [2.75, 3.05) is 0 Å². The quantitative estimate of drug-likeness (QED) is 0.685. The van der Waals surface area contributed by atoms with Gasteiger partial charge in [0.05, 0.1) is 0 Å². The van der Waals surface area contributed by atoms with Crippen LogP contribution >= 0.6 is 0 Å². The van der Waals surface area contributed by atoms with E-state index in [1.807, 2.05) is 12.1 Å². The highest BCUT2D eigenvalue weighted by Gasteiger charge is 2.32. The summed E-state index contributed by atoms with van der Waals surface area (Å²) in [7, 11) is 0. The van der Waals surface area contributed by atoms with Gasteiger partial charge in [-0.3, -0.25) is 4.79 Å². The summed E-state index contributed by atoms with van der Waals surface area (Å²) in [6.45, 7) is 6.06. The van der Waals surface area contributed by atoms with Gasteiger partial charge in [-0.1, -0.05) is 30.3 Å². The summed E-state index contributed by atoms with van der Waals surface area (Å²) in [4.78, 5) is 12.6. The van der Waals surface area contributed by atoms with Crippen LogP contribution in [0.5, 0.6) is 0 Å². The first kappa shape index (κ1) is 17.8. The number of carbonyl (C=O) groups is 1.